The summed E-state index contributed by atoms with van der Waals surface area (Å²) in [6, 6.07) is 63.0. The van der Waals surface area contributed by atoms with E-state index in [1.54, 1.807) is 0 Å². The van der Waals surface area contributed by atoms with Gasteiger partial charge in [0, 0.05) is 12.2 Å². The van der Waals surface area contributed by atoms with Crippen molar-refractivity contribution < 1.29 is 19.1 Å². The third kappa shape index (κ3) is 7.46. The first-order valence-electron chi connectivity index (χ1n) is 18.2. The third-order valence-corrected chi connectivity index (χ3v) is 14.5. The predicted molar refractivity (Wildman–Crippen MR) is 236 cm³/mol. The Balaban J connectivity index is 1.56. The Morgan fingerprint density at radius 3 is 1.02 bits per heavy atom. The topological polar surface area (TPSA) is 52.6 Å². The van der Waals surface area contributed by atoms with Crippen molar-refractivity contribution in [3.05, 3.63) is 207 Å². The molecule has 0 heterocycles. The highest BCUT2D eigenvalue weighted by Crippen LogP contribution is 2.46. The van der Waals surface area contributed by atoms with Crippen LogP contribution in [-0.2, 0) is 9.59 Å². The maximum Gasteiger partial charge on any atom is 0.335 e. The molecule has 0 unspecified atom stereocenters. The Morgan fingerprint density at radius 1 is 0.411 bits per heavy atom. The van der Waals surface area contributed by atoms with Gasteiger partial charge in [-0.15, -0.1) is 0 Å². The lowest BCUT2D eigenvalue weighted by molar-refractivity contribution is -0.129. The van der Waals surface area contributed by atoms with Crippen LogP contribution < -0.4 is 41.3 Å². The molecular weight excluding hydrogens is 726 g/mol. The normalized spacial score (nSPS) is 11.1. The second-order valence-corrected chi connectivity index (χ2v) is 17.3. The molecule has 8 aromatic rings. The largest absolute Gasteiger partial charge is 0.423 e. The molecule has 4 nitrogen and oxygen atoms in total. The molecule has 0 radical (unpaired) electrons. The fraction of sp³-hybridized carbons (Fsp3) is 0. The Hall–Kier alpha value is -6.44. The summed E-state index contributed by atoms with van der Waals surface area (Å²) in [4.78, 5) is 25.2. The van der Waals surface area contributed by atoms with Crippen LogP contribution in [0, 0.1) is 0 Å². The van der Waals surface area contributed by atoms with Crippen LogP contribution in [0.15, 0.2) is 207 Å². The summed E-state index contributed by atoms with van der Waals surface area (Å²) in [6.07, 6.45) is 2.35. The minimum Gasteiger partial charge on any atom is -0.423 e. The van der Waals surface area contributed by atoms with Crippen molar-refractivity contribution in [2.24, 2.45) is 0 Å². The van der Waals surface area contributed by atoms with Crippen molar-refractivity contribution in [1.29, 1.82) is 0 Å². The van der Waals surface area contributed by atoms with E-state index in [1.165, 1.54) is 33.4 Å². The van der Waals surface area contributed by atoms with E-state index in [4.69, 9.17) is 9.47 Å². The van der Waals surface area contributed by atoms with Crippen LogP contribution in [-0.4, -0.2) is 11.9 Å². The second-order valence-electron chi connectivity index (χ2n) is 12.9. The Morgan fingerprint density at radius 2 is 0.714 bits per heavy atom. The van der Waals surface area contributed by atoms with E-state index in [2.05, 4.69) is 134 Å². The number of rotatable bonds is 11. The van der Waals surface area contributed by atoms with Crippen LogP contribution >= 0.6 is 15.8 Å². The van der Waals surface area contributed by atoms with Crippen LogP contribution in [0.2, 0.25) is 0 Å². The van der Waals surface area contributed by atoms with E-state index >= 15 is 0 Å². The van der Waals surface area contributed by atoms with Gasteiger partial charge in [-0.05, 0) is 105 Å². The van der Waals surface area contributed by atoms with Gasteiger partial charge in [-0.2, -0.15) is 0 Å². The molecule has 56 heavy (non-hydrogen) atoms. The zero-order valence-corrected chi connectivity index (χ0v) is 32.2. The summed E-state index contributed by atoms with van der Waals surface area (Å²) in [6.45, 7) is 7.27. The summed E-state index contributed by atoms with van der Waals surface area (Å²) in [5.41, 5.74) is 2.04. The van der Waals surface area contributed by atoms with Gasteiger partial charge in [0.1, 0.15) is 11.5 Å². The molecule has 0 aliphatic carbocycles. The van der Waals surface area contributed by atoms with Crippen LogP contribution in [0.3, 0.4) is 0 Å². The van der Waals surface area contributed by atoms with Crippen LogP contribution in [0.1, 0.15) is 0 Å². The molecule has 6 heteroatoms. The lowest BCUT2D eigenvalue weighted by Gasteiger charge is -2.28. The summed E-state index contributed by atoms with van der Waals surface area (Å²) < 4.78 is 11.6. The van der Waals surface area contributed by atoms with Gasteiger partial charge < -0.3 is 9.47 Å². The molecule has 0 aliphatic heterocycles. The fourth-order valence-electron chi connectivity index (χ4n) is 7.08. The minimum atomic E-state index is -1.13. The van der Waals surface area contributed by atoms with Gasteiger partial charge >= 0.3 is 11.9 Å². The first kappa shape index (κ1) is 36.5. The average molecular weight is 763 g/mol. The van der Waals surface area contributed by atoms with Crippen molar-refractivity contribution in [3.63, 3.8) is 0 Å². The first-order valence-corrected chi connectivity index (χ1v) is 20.8. The number of carbonyl (C=O) groups excluding carboxylic acids is 2. The van der Waals surface area contributed by atoms with Crippen LogP contribution in [0.4, 0.5) is 0 Å². The molecule has 0 bridgehead atoms. The lowest BCUT2D eigenvalue weighted by Crippen LogP contribution is -2.26. The number of hydrogen-bond acceptors (Lipinski definition) is 4. The van der Waals surface area contributed by atoms with E-state index < -0.39 is 27.8 Å². The second kappa shape index (κ2) is 16.5. The average Bonchev–Trinajstić information content (AvgIpc) is 3.25. The summed E-state index contributed by atoms with van der Waals surface area (Å²) in [7, 11) is -2.26. The molecule has 0 fully saturated rings. The fourth-order valence-corrected chi connectivity index (χ4v) is 12.0. The Bertz CT molecular complexity index is 2450. The summed E-state index contributed by atoms with van der Waals surface area (Å²) in [5.74, 6) is -0.233. The number of benzene rings is 8. The highest BCUT2D eigenvalue weighted by Gasteiger charge is 2.28. The first-order chi connectivity index (χ1) is 27.5. The smallest absolute Gasteiger partial charge is 0.335 e. The van der Waals surface area contributed by atoms with Crippen molar-refractivity contribution in [3.8, 4) is 22.6 Å². The van der Waals surface area contributed by atoms with E-state index in [1.807, 2.05) is 60.7 Å². The number of fused-ring (bicyclic) bond motifs is 2. The van der Waals surface area contributed by atoms with E-state index in [-0.39, 0.29) is 0 Å². The Labute approximate surface area is 328 Å². The standard InChI is InChI=1S/C50H36O4P2/c1-3-47(51)53-37-29-25-35-27-31-45(55(39-17-9-5-10-18-39)40-19-11-6-12-20-40)49(43(35)33-37)50-44-34-38(54-48(52)4-2)30-26-36(44)28-32-46(50)56(41-21-13-7-14-22-41)42-23-15-8-16-24-42/h3-34H,1-2H2. The molecule has 8 aromatic carbocycles. The molecular formula is C50H36O4P2. The van der Waals surface area contributed by atoms with Crippen molar-refractivity contribution >= 4 is 81.2 Å². The minimum absolute atomic E-state index is 0.417. The van der Waals surface area contributed by atoms with Gasteiger partial charge in [-0.1, -0.05) is 171 Å². The van der Waals surface area contributed by atoms with E-state index in [0.29, 0.717) is 11.5 Å². The molecule has 0 saturated carbocycles. The van der Waals surface area contributed by atoms with Gasteiger partial charge in [-0.25, -0.2) is 9.59 Å². The monoisotopic (exact) mass is 762 g/mol. The van der Waals surface area contributed by atoms with Crippen molar-refractivity contribution in [2.45, 2.75) is 0 Å². The van der Waals surface area contributed by atoms with Crippen molar-refractivity contribution in [2.75, 3.05) is 0 Å². The number of carbonyl (C=O) groups is 2. The van der Waals surface area contributed by atoms with Gasteiger partial charge in [0.15, 0.2) is 0 Å². The zero-order valence-electron chi connectivity index (χ0n) is 30.4. The van der Waals surface area contributed by atoms with Gasteiger partial charge in [0.25, 0.3) is 0 Å². The maximum absolute atomic E-state index is 12.6. The molecule has 270 valence electrons. The molecule has 0 aromatic heterocycles. The van der Waals surface area contributed by atoms with Crippen LogP contribution in [0.25, 0.3) is 32.7 Å². The Kier molecular flexibility index (Phi) is 10.8. The predicted octanol–water partition coefficient (Wildman–Crippen LogP) is 9.36. The third-order valence-electron chi connectivity index (χ3n) is 9.50. The lowest BCUT2D eigenvalue weighted by atomic mass is 9.93. The summed E-state index contributed by atoms with van der Waals surface area (Å²) >= 11 is 0. The maximum atomic E-state index is 12.6. The molecule has 0 spiro atoms. The van der Waals surface area contributed by atoms with Gasteiger partial charge in [-0.3, -0.25) is 0 Å². The molecule has 8 rings (SSSR count). The van der Waals surface area contributed by atoms with E-state index in [9.17, 15) is 9.59 Å². The number of esters is 2. The molecule has 0 aliphatic rings. The molecule has 0 saturated heterocycles. The van der Waals surface area contributed by atoms with Gasteiger partial charge in [0.05, 0.1) is 0 Å². The molecule has 0 N–H and O–H groups in total. The van der Waals surface area contributed by atoms with Crippen molar-refractivity contribution in [1.82, 2.24) is 0 Å². The molecule has 0 amide bonds. The highest BCUT2D eigenvalue weighted by atomic mass is 31.1. The zero-order chi connectivity index (χ0) is 38.4. The molecule has 0 atom stereocenters. The summed E-state index contributed by atoms with van der Waals surface area (Å²) in [5, 5.41) is 10.9. The SMILES string of the molecule is C=CC(=O)Oc1ccc2ccc(P(c3ccccc3)c3ccccc3)c(-c3c(P(c4ccccc4)c4ccccc4)ccc4ccc(OC(=O)C=C)cc34)c2c1. The highest BCUT2D eigenvalue weighted by molar-refractivity contribution is 7.80. The quantitative estimate of drug-likeness (QED) is 0.0571. The number of hydrogen-bond donors (Lipinski definition) is 0. The van der Waals surface area contributed by atoms with Gasteiger partial charge in [0.2, 0.25) is 0 Å². The van der Waals surface area contributed by atoms with E-state index in [0.717, 1.165) is 43.3 Å². The number of ether oxygens (including phenoxy) is 2. The van der Waals surface area contributed by atoms with Crippen LogP contribution in [0.5, 0.6) is 11.5 Å².